The molecule has 2 rings (SSSR count). The molecule has 3 N–H and O–H groups in total. The molecule has 0 aliphatic heterocycles. The third-order valence-corrected chi connectivity index (χ3v) is 3.80. The fourth-order valence-corrected chi connectivity index (χ4v) is 2.34. The van der Waals surface area contributed by atoms with E-state index in [9.17, 15) is 9.59 Å². The molecule has 0 fully saturated rings. The maximum Gasteiger partial charge on any atom is 0.243 e. The van der Waals surface area contributed by atoms with E-state index in [1.54, 1.807) is 25.1 Å². The number of aryl methyl sites for hydroxylation is 1. The summed E-state index contributed by atoms with van der Waals surface area (Å²) in [6.45, 7) is 7.79. The first-order valence-electron chi connectivity index (χ1n) is 8.80. The van der Waals surface area contributed by atoms with Crippen LogP contribution in [0.5, 0.6) is 5.75 Å². The van der Waals surface area contributed by atoms with E-state index < -0.39 is 0 Å². The first-order chi connectivity index (χ1) is 13.0. The third kappa shape index (κ3) is 6.18. The normalized spacial score (nSPS) is 10.0. The van der Waals surface area contributed by atoms with Crippen LogP contribution in [0.2, 0.25) is 0 Å². The van der Waals surface area contributed by atoms with Crippen LogP contribution in [0.25, 0.3) is 0 Å². The highest BCUT2D eigenvalue weighted by Gasteiger charge is 2.08. The van der Waals surface area contributed by atoms with Crippen molar-refractivity contribution in [1.29, 1.82) is 0 Å². The molecule has 0 aromatic heterocycles. The van der Waals surface area contributed by atoms with Crippen LogP contribution < -0.4 is 20.7 Å². The maximum absolute atomic E-state index is 12.3. The molecular formula is C21H25N3O3. The van der Waals surface area contributed by atoms with E-state index in [0.717, 1.165) is 11.3 Å². The molecule has 0 bridgehead atoms. The van der Waals surface area contributed by atoms with Gasteiger partial charge in [0.2, 0.25) is 11.8 Å². The second-order valence-electron chi connectivity index (χ2n) is 5.93. The number of ether oxygens (including phenoxy) is 1. The second-order valence-corrected chi connectivity index (χ2v) is 5.93. The number of carbonyl (C=O) groups excluding carboxylic acids is 2. The molecule has 6 heteroatoms. The topological polar surface area (TPSA) is 79.5 Å². The summed E-state index contributed by atoms with van der Waals surface area (Å²) in [5.41, 5.74) is 2.97. The number of rotatable bonds is 9. The summed E-state index contributed by atoms with van der Waals surface area (Å²) in [5, 5.41) is 8.72. The number of carbonyl (C=O) groups is 2. The second kappa shape index (κ2) is 10.0. The Morgan fingerprint density at radius 2 is 1.85 bits per heavy atom. The molecule has 0 aliphatic carbocycles. The quantitative estimate of drug-likeness (QED) is 0.586. The summed E-state index contributed by atoms with van der Waals surface area (Å²) in [5.74, 6) is 0.384. The molecule has 0 saturated carbocycles. The predicted octanol–water partition coefficient (Wildman–Crippen LogP) is 3.96. The third-order valence-electron chi connectivity index (χ3n) is 3.80. The average Bonchev–Trinajstić information content (AvgIpc) is 2.67. The SMILES string of the molecule is C=CCOc1ccccc1NCC(=O)Nc1ccc(C)c(NC(=O)CC)c1. The molecule has 0 aliphatic rings. The summed E-state index contributed by atoms with van der Waals surface area (Å²) in [6.07, 6.45) is 2.06. The van der Waals surface area contributed by atoms with Crippen molar-refractivity contribution in [3.8, 4) is 5.75 Å². The Hall–Kier alpha value is -3.28. The molecule has 6 nitrogen and oxygen atoms in total. The number of hydrogen-bond acceptors (Lipinski definition) is 4. The Kier molecular flexibility index (Phi) is 7.43. The zero-order valence-corrected chi connectivity index (χ0v) is 15.7. The minimum atomic E-state index is -0.204. The predicted molar refractivity (Wildman–Crippen MR) is 109 cm³/mol. The smallest absolute Gasteiger partial charge is 0.243 e. The summed E-state index contributed by atoms with van der Waals surface area (Å²) < 4.78 is 5.56. The highest BCUT2D eigenvalue weighted by atomic mass is 16.5. The van der Waals surface area contributed by atoms with Gasteiger partial charge in [-0.1, -0.05) is 37.8 Å². The van der Waals surface area contributed by atoms with Crippen molar-refractivity contribution in [2.45, 2.75) is 20.3 Å². The minimum absolute atomic E-state index is 0.0700. The van der Waals surface area contributed by atoms with Gasteiger partial charge in [-0.2, -0.15) is 0 Å². The zero-order chi connectivity index (χ0) is 19.6. The number of benzene rings is 2. The summed E-state index contributed by atoms with van der Waals surface area (Å²) in [7, 11) is 0. The Labute approximate surface area is 159 Å². The first-order valence-corrected chi connectivity index (χ1v) is 8.80. The summed E-state index contributed by atoms with van der Waals surface area (Å²) in [4.78, 5) is 23.9. The molecule has 2 aromatic rings. The fourth-order valence-electron chi connectivity index (χ4n) is 2.34. The molecular weight excluding hydrogens is 342 g/mol. The van der Waals surface area contributed by atoms with Crippen LogP contribution >= 0.6 is 0 Å². The molecule has 27 heavy (non-hydrogen) atoms. The first kappa shape index (κ1) is 20.0. The van der Waals surface area contributed by atoms with Gasteiger partial charge in [-0.25, -0.2) is 0 Å². The molecule has 0 unspecified atom stereocenters. The molecule has 2 aromatic carbocycles. The molecule has 0 saturated heterocycles. The minimum Gasteiger partial charge on any atom is -0.487 e. The van der Waals surface area contributed by atoms with Crippen molar-refractivity contribution in [3.05, 3.63) is 60.7 Å². The van der Waals surface area contributed by atoms with Gasteiger partial charge in [-0.05, 0) is 36.8 Å². The van der Waals surface area contributed by atoms with E-state index in [2.05, 4.69) is 22.5 Å². The lowest BCUT2D eigenvalue weighted by molar-refractivity contribution is -0.116. The van der Waals surface area contributed by atoms with Gasteiger partial charge in [0, 0.05) is 17.8 Å². The van der Waals surface area contributed by atoms with Crippen LogP contribution in [0.4, 0.5) is 17.1 Å². The molecule has 0 atom stereocenters. The van der Waals surface area contributed by atoms with Crippen LogP contribution in [0.3, 0.4) is 0 Å². The van der Waals surface area contributed by atoms with E-state index in [1.165, 1.54) is 0 Å². The molecule has 0 radical (unpaired) electrons. The standard InChI is InChI=1S/C21H25N3O3/c1-4-12-27-19-9-7-6-8-17(19)22-14-21(26)23-16-11-10-15(3)18(13-16)24-20(25)5-2/h4,6-11,13,22H,1,5,12,14H2,2-3H3,(H,23,26)(H,24,25). The van der Waals surface area contributed by atoms with E-state index >= 15 is 0 Å². The van der Waals surface area contributed by atoms with Gasteiger partial charge in [0.1, 0.15) is 12.4 Å². The summed E-state index contributed by atoms with van der Waals surface area (Å²) in [6, 6.07) is 12.8. The zero-order valence-electron chi connectivity index (χ0n) is 15.7. The van der Waals surface area contributed by atoms with Crippen LogP contribution in [0.1, 0.15) is 18.9 Å². The van der Waals surface area contributed by atoms with Gasteiger partial charge >= 0.3 is 0 Å². The molecule has 0 heterocycles. The molecule has 142 valence electrons. The van der Waals surface area contributed by atoms with Crippen LogP contribution in [0, 0.1) is 6.92 Å². The highest BCUT2D eigenvalue weighted by molar-refractivity contribution is 5.96. The highest BCUT2D eigenvalue weighted by Crippen LogP contribution is 2.24. The van der Waals surface area contributed by atoms with Crippen LogP contribution in [0.15, 0.2) is 55.1 Å². The van der Waals surface area contributed by atoms with Gasteiger partial charge < -0.3 is 20.7 Å². The Bertz CT molecular complexity index is 818. The lowest BCUT2D eigenvalue weighted by Gasteiger charge is -2.13. The van der Waals surface area contributed by atoms with E-state index in [1.807, 2.05) is 37.3 Å². The van der Waals surface area contributed by atoms with Crippen molar-refractivity contribution in [1.82, 2.24) is 0 Å². The molecule has 2 amide bonds. The van der Waals surface area contributed by atoms with Gasteiger partial charge in [0.25, 0.3) is 0 Å². The molecule has 0 spiro atoms. The van der Waals surface area contributed by atoms with Crippen molar-refractivity contribution in [2.75, 3.05) is 29.1 Å². The number of para-hydroxylation sites is 2. The largest absolute Gasteiger partial charge is 0.487 e. The van der Waals surface area contributed by atoms with Crippen LogP contribution in [-0.2, 0) is 9.59 Å². The van der Waals surface area contributed by atoms with E-state index in [0.29, 0.717) is 30.2 Å². The maximum atomic E-state index is 12.3. The average molecular weight is 367 g/mol. The van der Waals surface area contributed by atoms with Crippen LogP contribution in [-0.4, -0.2) is 25.0 Å². The van der Waals surface area contributed by atoms with E-state index in [-0.39, 0.29) is 18.4 Å². The lowest BCUT2D eigenvalue weighted by Crippen LogP contribution is -2.22. The fraction of sp³-hybridized carbons (Fsp3) is 0.238. The lowest BCUT2D eigenvalue weighted by atomic mass is 10.1. The van der Waals surface area contributed by atoms with Crippen molar-refractivity contribution >= 4 is 28.9 Å². The number of amides is 2. The Morgan fingerprint density at radius 1 is 1.07 bits per heavy atom. The Morgan fingerprint density at radius 3 is 2.59 bits per heavy atom. The monoisotopic (exact) mass is 367 g/mol. The van der Waals surface area contributed by atoms with Gasteiger partial charge in [0.05, 0.1) is 12.2 Å². The number of nitrogens with one attached hydrogen (secondary N) is 3. The number of hydrogen-bond donors (Lipinski definition) is 3. The summed E-state index contributed by atoms with van der Waals surface area (Å²) >= 11 is 0. The van der Waals surface area contributed by atoms with Gasteiger partial charge in [0.15, 0.2) is 0 Å². The van der Waals surface area contributed by atoms with E-state index in [4.69, 9.17) is 4.74 Å². The number of anilines is 3. The van der Waals surface area contributed by atoms with Gasteiger partial charge in [-0.3, -0.25) is 9.59 Å². The van der Waals surface area contributed by atoms with Gasteiger partial charge in [-0.15, -0.1) is 0 Å². The van der Waals surface area contributed by atoms with Crippen molar-refractivity contribution in [2.24, 2.45) is 0 Å². The Balaban J connectivity index is 1.97. The van der Waals surface area contributed by atoms with Crippen molar-refractivity contribution in [3.63, 3.8) is 0 Å². The van der Waals surface area contributed by atoms with Crippen molar-refractivity contribution < 1.29 is 14.3 Å².